The molecule has 0 spiro atoms. The van der Waals surface area contributed by atoms with Crippen LogP contribution >= 0.6 is 0 Å². The Balaban J connectivity index is 4.16. The van der Waals surface area contributed by atoms with E-state index in [1.807, 2.05) is 26.1 Å². The van der Waals surface area contributed by atoms with Crippen LogP contribution in [0.1, 0.15) is 13.8 Å². The third-order valence-corrected chi connectivity index (χ3v) is 1.68. The Morgan fingerprint density at radius 2 is 2.09 bits per heavy atom. The van der Waals surface area contributed by atoms with Crippen LogP contribution in [0.4, 0.5) is 0 Å². The summed E-state index contributed by atoms with van der Waals surface area (Å²) in [6.45, 7) is 12.7. The lowest BCUT2D eigenvalue weighted by Gasteiger charge is -2.16. The van der Waals surface area contributed by atoms with Crippen LogP contribution in [-0.2, 0) is 0 Å². The third kappa shape index (κ3) is 3.66. The van der Waals surface area contributed by atoms with Gasteiger partial charge >= 0.3 is 0 Å². The van der Waals surface area contributed by atoms with Gasteiger partial charge in [0.05, 0.1) is 0 Å². The van der Waals surface area contributed by atoms with Crippen molar-refractivity contribution in [3.05, 3.63) is 36.6 Å². The minimum Gasteiger partial charge on any atom is -0.375 e. The van der Waals surface area contributed by atoms with Crippen LogP contribution in [0.25, 0.3) is 0 Å². The van der Waals surface area contributed by atoms with E-state index in [1.54, 1.807) is 0 Å². The number of likely N-dealkylation sites (N-methyl/N-ethyl adjacent to an activating group) is 1. The lowest BCUT2D eigenvalue weighted by molar-refractivity contribution is 0.457. The van der Waals surface area contributed by atoms with Crippen LogP contribution in [0.2, 0.25) is 0 Å². The molecular formula is C10H17N. The summed E-state index contributed by atoms with van der Waals surface area (Å²) in [5.41, 5.74) is 2.18. The van der Waals surface area contributed by atoms with Crippen molar-refractivity contribution in [2.75, 3.05) is 13.6 Å². The van der Waals surface area contributed by atoms with E-state index in [1.165, 1.54) is 0 Å². The maximum atomic E-state index is 3.92. The molecule has 1 nitrogen and oxygen atoms in total. The first-order valence-corrected chi connectivity index (χ1v) is 3.82. The SMILES string of the molecule is C=C/C(C)=C\C(=C)N(C)CC. The molecule has 0 radical (unpaired) electrons. The molecule has 0 fully saturated rings. The second kappa shape index (κ2) is 4.78. The largest absolute Gasteiger partial charge is 0.375 e. The zero-order valence-corrected chi connectivity index (χ0v) is 7.72. The van der Waals surface area contributed by atoms with Gasteiger partial charge in [-0.15, -0.1) is 0 Å². The van der Waals surface area contributed by atoms with Crippen LogP contribution in [0.3, 0.4) is 0 Å². The molecule has 0 amide bonds. The van der Waals surface area contributed by atoms with Gasteiger partial charge in [0.15, 0.2) is 0 Å². The van der Waals surface area contributed by atoms with Gasteiger partial charge in [-0.2, -0.15) is 0 Å². The average molecular weight is 151 g/mol. The molecule has 0 N–H and O–H groups in total. The zero-order chi connectivity index (χ0) is 8.85. The minimum atomic E-state index is 0.986. The van der Waals surface area contributed by atoms with Crippen molar-refractivity contribution in [1.29, 1.82) is 0 Å². The summed E-state index contributed by atoms with van der Waals surface area (Å²) in [7, 11) is 2.02. The highest BCUT2D eigenvalue weighted by Gasteiger charge is 1.93. The number of rotatable bonds is 4. The molecule has 0 aromatic heterocycles. The molecule has 0 saturated heterocycles. The molecule has 0 aromatic rings. The summed E-state index contributed by atoms with van der Waals surface area (Å²) in [6, 6.07) is 0. The Morgan fingerprint density at radius 1 is 1.55 bits per heavy atom. The predicted octanol–water partition coefficient (Wildman–Crippen LogP) is 2.58. The summed E-state index contributed by atoms with van der Waals surface area (Å²) in [5.74, 6) is 0. The minimum absolute atomic E-state index is 0.986. The number of allylic oxidation sites excluding steroid dienone is 3. The molecule has 0 aromatic carbocycles. The van der Waals surface area contributed by atoms with Crippen LogP contribution in [0.5, 0.6) is 0 Å². The molecule has 0 atom stereocenters. The van der Waals surface area contributed by atoms with Crippen LogP contribution in [0.15, 0.2) is 36.6 Å². The Hall–Kier alpha value is -0.980. The molecular weight excluding hydrogens is 134 g/mol. The van der Waals surface area contributed by atoms with E-state index in [-0.39, 0.29) is 0 Å². The summed E-state index contributed by atoms with van der Waals surface area (Å²) in [6.07, 6.45) is 3.85. The van der Waals surface area contributed by atoms with E-state index in [0.29, 0.717) is 0 Å². The normalized spacial score (nSPS) is 11.0. The second-order valence-corrected chi connectivity index (χ2v) is 2.60. The highest BCUT2D eigenvalue weighted by molar-refractivity contribution is 5.24. The molecule has 0 heterocycles. The lowest BCUT2D eigenvalue weighted by atomic mass is 10.2. The summed E-state index contributed by atoms with van der Waals surface area (Å²) < 4.78 is 0. The number of nitrogens with zero attached hydrogens (tertiary/aromatic N) is 1. The van der Waals surface area contributed by atoms with Crippen molar-refractivity contribution in [1.82, 2.24) is 4.90 Å². The van der Waals surface area contributed by atoms with Crippen molar-refractivity contribution < 1.29 is 0 Å². The molecule has 0 saturated carbocycles. The van der Waals surface area contributed by atoms with Gasteiger partial charge in [0.1, 0.15) is 0 Å². The second-order valence-electron chi connectivity index (χ2n) is 2.60. The van der Waals surface area contributed by atoms with Crippen molar-refractivity contribution in [3.8, 4) is 0 Å². The average Bonchev–Trinajstić information content (AvgIpc) is 2.02. The van der Waals surface area contributed by atoms with Crippen LogP contribution in [-0.4, -0.2) is 18.5 Å². The van der Waals surface area contributed by atoms with Gasteiger partial charge in [-0.3, -0.25) is 0 Å². The van der Waals surface area contributed by atoms with Gasteiger partial charge in [-0.1, -0.05) is 19.2 Å². The fourth-order valence-corrected chi connectivity index (χ4v) is 0.635. The van der Waals surface area contributed by atoms with E-state index in [4.69, 9.17) is 0 Å². The summed E-state index contributed by atoms with van der Waals surface area (Å²) in [4.78, 5) is 2.09. The molecule has 11 heavy (non-hydrogen) atoms. The summed E-state index contributed by atoms with van der Waals surface area (Å²) >= 11 is 0. The molecule has 62 valence electrons. The van der Waals surface area contributed by atoms with E-state index >= 15 is 0 Å². The Kier molecular flexibility index (Phi) is 4.35. The maximum absolute atomic E-state index is 3.92. The maximum Gasteiger partial charge on any atom is 0.0293 e. The quantitative estimate of drug-likeness (QED) is 0.558. The van der Waals surface area contributed by atoms with Crippen molar-refractivity contribution >= 4 is 0 Å². The first kappa shape index (κ1) is 10.0. The van der Waals surface area contributed by atoms with Crippen molar-refractivity contribution in [2.24, 2.45) is 0 Å². The molecule has 0 rings (SSSR count). The molecule has 0 unspecified atom stereocenters. The van der Waals surface area contributed by atoms with E-state index in [2.05, 4.69) is 25.0 Å². The van der Waals surface area contributed by atoms with Crippen LogP contribution in [0, 0.1) is 0 Å². The highest BCUT2D eigenvalue weighted by Crippen LogP contribution is 2.04. The van der Waals surface area contributed by atoms with Gasteiger partial charge in [-0.25, -0.2) is 0 Å². The van der Waals surface area contributed by atoms with Crippen molar-refractivity contribution in [3.63, 3.8) is 0 Å². The number of hydrogen-bond acceptors (Lipinski definition) is 1. The molecule has 0 aliphatic rings. The van der Waals surface area contributed by atoms with Gasteiger partial charge < -0.3 is 4.90 Å². The first-order chi connectivity index (χ1) is 5.11. The molecule has 1 heteroatoms. The van der Waals surface area contributed by atoms with Gasteiger partial charge in [0, 0.05) is 19.3 Å². The first-order valence-electron chi connectivity index (χ1n) is 3.82. The van der Waals surface area contributed by atoms with Gasteiger partial charge in [-0.05, 0) is 25.5 Å². The van der Waals surface area contributed by atoms with E-state index < -0.39 is 0 Å². The monoisotopic (exact) mass is 151 g/mol. The fraction of sp³-hybridized carbons (Fsp3) is 0.400. The number of hydrogen-bond donors (Lipinski definition) is 0. The lowest BCUT2D eigenvalue weighted by Crippen LogP contribution is -2.14. The smallest absolute Gasteiger partial charge is 0.0293 e. The third-order valence-electron chi connectivity index (χ3n) is 1.68. The predicted molar refractivity (Wildman–Crippen MR) is 51.4 cm³/mol. The van der Waals surface area contributed by atoms with E-state index in [9.17, 15) is 0 Å². The molecule has 0 aliphatic carbocycles. The fourth-order valence-electron chi connectivity index (χ4n) is 0.635. The highest BCUT2D eigenvalue weighted by atomic mass is 15.1. The van der Waals surface area contributed by atoms with Crippen LogP contribution < -0.4 is 0 Å². The Bertz CT molecular complexity index is 177. The summed E-state index contributed by atoms with van der Waals surface area (Å²) in [5, 5.41) is 0. The molecule has 0 aliphatic heterocycles. The van der Waals surface area contributed by atoms with E-state index in [0.717, 1.165) is 17.8 Å². The zero-order valence-electron chi connectivity index (χ0n) is 7.72. The Labute approximate surface area is 69.7 Å². The topological polar surface area (TPSA) is 3.24 Å². The Morgan fingerprint density at radius 3 is 2.45 bits per heavy atom. The standard InChI is InChI=1S/C10H17N/c1-6-9(3)8-10(4)11(5)7-2/h6,8H,1,4,7H2,2-3,5H3/b9-8-. The van der Waals surface area contributed by atoms with Gasteiger partial charge in [0.2, 0.25) is 0 Å². The van der Waals surface area contributed by atoms with Crippen molar-refractivity contribution in [2.45, 2.75) is 13.8 Å². The van der Waals surface area contributed by atoms with Gasteiger partial charge in [0.25, 0.3) is 0 Å². The molecule has 0 bridgehead atoms.